The van der Waals surface area contributed by atoms with E-state index in [0.717, 1.165) is 6.54 Å². The van der Waals surface area contributed by atoms with Crippen molar-refractivity contribution in [1.29, 1.82) is 0 Å². The van der Waals surface area contributed by atoms with Gasteiger partial charge in [0.2, 0.25) is 0 Å². The summed E-state index contributed by atoms with van der Waals surface area (Å²) in [5, 5.41) is 3.51. The highest BCUT2D eigenvalue weighted by Crippen LogP contribution is 2.36. The molecule has 0 radical (unpaired) electrons. The second-order valence-corrected chi connectivity index (χ2v) is 6.19. The van der Waals surface area contributed by atoms with Crippen LogP contribution in [0.25, 0.3) is 0 Å². The Morgan fingerprint density at radius 2 is 2.50 bits per heavy atom. The molecule has 2 saturated heterocycles. The molecule has 2 fully saturated rings. The normalized spacial score (nSPS) is 30.6. The van der Waals surface area contributed by atoms with Gasteiger partial charge in [-0.3, -0.25) is 4.90 Å². The van der Waals surface area contributed by atoms with E-state index in [1.807, 2.05) is 5.51 Å². The summed E-state index contributed by atoms with van der Waals surface area (Å²) in [6.45, 7) is 8.21. The molecule has 3 heterocycles. The van der Waals surface area contributed by atoms with Crippen LogP contribution in [0.15, 0.2) is 5.51 Å². The molecule has 16 heavy (non-hydrogen) atoms. The van der Waals surface area contributed by atoms with Crippen LogP contribution in [0.2, 0.25) is 0 Å². The molecular weight excluding hydrogens is 218 g/mol. The fraction of sp³-hybridized carbons (Fsp3) is 0.750. The molecule has 0 bridgehead atoms. The molecule has 0 aliphatic carbocycles. The summed E-state index contributed by atoms with van der Waals surface area (Å²) < 4.78 is 0. The average Bonchev–Trinajstić information content (AvgIpc) is 2.96. The van der Waals surface area contributed by atoms with Gasteiger partial charge in [0.05, 0.1) is 11.2 Å². The molecule has 1 aromatic heterocycles. The maximum atomic E-state index is 4.33. The van der Waals surface area contributed by atoms with Gasteiger partial charge in [-0.05, 0) is 38.3 Å². The molecule has 3 nitrogen and oxygen atoms in total. The van der Waals surface area contributed by atoms with Crippen LogP contribution in [-0.2, 0) is 6.54 Å². The molecule has 88 valence electrons. The third-order valence-electron chi connectivity index (χ3n) is 4.06. The first kappa shape index (κ1) is 10.7. The van der Waals surface area contributed by atoms with Gasteiger partial charge in [0, 0.05) is 24.5 Å². The van der Waals surface area contributed by atoms with Gasteiger partial charge in [-0.2, -0.15) is 0 Å². The van der Waals surface area contributed by atoms with E-state index in [4.69, 9.17) is 0 Å². The molecule has 2 aliphatic heterocycles. The second-order valence-electron chi connectivity index (χ2n) is 5.25. The molecule has 0 saturated carbocycles. The van der Waals surface area contributed by atoms with Crippen molar-refractivity contribution in [2.24, 2.45) is 5.41 Å². The van der Waals surface area contributed by atoms with Gasteiger partial charge in [0.1, 0.15) is 0 Å². The van der Waals surface area contributed by atoms with Gasteiger partial charge >= 0.3 is 0 Å². The smallest absolute Gasteiger partial charge is 0.0798 e. The Labute approximate surface area is 101 Å². The van der Waals surface area contributed by atoms with E-state index in [1.165, 1.54) is 49.6 Å². The summed E-state index contributed by atoms with van der Waals surface area (Å²) in [7, 11) is 0. The van der Waals surface area contributed by atoms with Crippen LogP contribution in [-0.4, -0.2) is 36.1 Å². The van der Waals surface area contributed by atoms with Crippen LogP contribution < -0.4 is 5.32 Å². The summed E-state index contributed by atoms with van der Waals surface area (Å²) in [5.74, 6) is 0. The minimum Gasteiger partial charge on any atom is -0.316 e. The third kappa shape index (κ3) is 1.90. The first-order valence-electron chi connectivity index (χ1n) is 6.10. The van der Waals surface area contributed by atoms with Crippen LogP contribution in [0.4, 0.5) is 0 Å². The van der Waals surface area contributed by atoms with Gasteiger partial charge in [-0.1, -0.05) is 0 Å². The number of thiazole rings is 1. The molecule has 2 aliphatic rings. The zero-order valence-electron chi connectivity index (χ0n) is 9.83. The number of aromatic nitrogens is 1. The Kier molecular flexibility index (Phi) is 2.73. The van der Waals surface area contributed by atoms with Crippen molar-refractivity contribution in [1.82, 2.24) is 15.2 Å². The lowest BCUT2D eigenvalue weighted by Gasteiger charge is -2.22. The average molecular weight is 237 g/mol. The molecular formula is C12H19N3S. The summed E-state index contributed by atoms with van der Waals surface area (Å²) in [4.78, 5) is 8.38. The van der Waals surface area contributed by atoms with Crippen LogP contribution in [0.3, 0.4) is 0 Å². The van der Waals surface area contributed by atoms with Gasteiger partial charge < -0.3 is 5.32 Å². The molecule has 1 aromatic rings. The molecule has 0 aromatic carbocycles. The SMILES string of the molecule is Cc1ncsc1CN1CCC2(CCNC2)C1. The first-order valence-corrected chi connectivity index (χ1v) is 6.97. The van der Waals surface area contributed by atoms with Crippen LogP contribution >= 0.6 is 11.3 Å². The minimum atomic E-state index is 0.596. The van der Waals surface area contributed by atoms with Crippen molar-refractivity contribution in [2.45, 2.75) is 26.3 Å². The Bertz CT molecular complexity index is 368. The quantitative estimate of drug-likeness (QED) is 0.847. The predicted molar refractivity (Wildman–Crippen MR) is 66.7 cm³/mol. The van der Waals surface area contributed by atoms with Gasteiger partial charge in [-0.25, -0.2) is 4.98 Å². The highest BCUT2D eigenvalue weighted by atomic mass is 32.1. The molecule has 1 N–H and O–H groups in total. The van der Waals surface area contributed by atoms with Crippen molar-refractivity contribution in [2.75, 3.05) is 26.2 Å². The number of nitrogens with one attached hydrogen (secondary N) is 1. The van der Waals surface area contributed by atoms with Crippen molar-refractivity contribution in [3.8, 4) is 0 Å². The number of hydrogen-bond donors (Lipinski definition) is 1. The van der Waals surface area contributed by atoms with E-state index >= 15 is 0 Å². The van der Waals surface area contributed by atoms with Crippen LogP contribution in [0, 0.1) is 12.3 Å². The van der Waals surface area contributed by atoms with Crippen molar-refractivity contribution < 1.29 is 0 Å². The van der Waals surface area contributed by atoms with E-state index in [0.29, 0.717) is 5.41 Å². The fourth-order valence-corrected chi connectivity index (χ4v) is 3.81. The predicted octanol–water partition coefficient (Wildman–Crippen LogP) is 1.64. The summed E-state index contributed by atoms with van der Waals surface area (Å²) in [6.07, 6.45) is 2.74. The second kappa shape index (κ2) is 4.09. The number of hydrogen-bond acceptors (Lipinski definition) is 4. The number of nitrogens with zero attached hydrogens (tertiary/aromatic N) is 2. The topological polar surface area (TPSA) is 28.2 Å². The highest BCUT2D eigenvalue weighted by molar-refractivity contribution is 7.09. The van der Waals surface area contributed by atoms with E-state index in [2.05, 4.69) is 22.1 Å². The van der Waals surface area contributed by atoms with E-state index < -0.39 is 0 Å². The number of rotatable bonds is 2. The molecule has 3 rings (SSSR count). The zero-order valence-corrected chi connectivity index (χ0v) is 10.6. The highest BCUT2D eigenvalue weighted by Gasteiger charge is 2.40. The van der Waals surface area contributed by atoms with Crippen molar-refractivity contribution in [3.05, 3.63) is 16.1 Å². The Balaban J connectivity index is 1.64. The minimum absolute atomic E-state index is 0.596. The Morgan fingerprint density at radius 1 is 1.56 bits per heavy atom. The Hall–Kier alpha value is -0.450. The van der Waals surface area contributed by atoms with Crippen LogP contribution in [0.5, 0.6) is 0 Å². The van der Waals surface area contributed by atoms with Gasteiger partial charge in [-0.15, -0.1) is 11.3 Å². The molecule has 1 unspecified atom stereocenters. The van der Waals surface area contributed by atoms with Gasteiger partial charge in [0.15, 0.2) is 0 Å². The molecule has 1 atom stereocenters. The summed E-state index contributed by atoms with van der Waals surface area (Å²) in [6, 6.07) is 0. The lowest BCUT2D eigenvalue weighted by molar-refractivity contribution is 0.270. The standard InChI is InChI=1S/C12H19N3S/c1-10-11(16-9-14-10)6-15-5-3-12(8-15)2-4-13-7-12/h9,13H,2-8H2,1H3. The van der Waals surface area contributed by atoms with Gasteiger partial charge in [0.25, 0.3) is 0 Å². The van der Waals surface area contributed by atoms with E-state index in [1.54, 1.807) is 11.3 Å². The van der Waals surface area contributed by atoms with Crippen molar-refractivity contribution >= 4 is 11.3 Å². The fourth-order valence-electron chi connectivity index (χ4n) is 2.99. The van der Waals surface area contributed by atoms with Crippen molar-refractivity contribution in [3.63, 3.8) is 0 Å². The maximum Gasteiger partial charge on any atom is 0.0798 e. The Morgan fingerprint density at radius 3 is 3.19 bits per heavy atom. The molecule has 0 amide bonds. The number of likely N-dealkylation sites (tertiary alicyclic amines) is 1. The third-order valence-corrected chi connectivity index (χ3v) is 4.98. The monoisotopic (exact) mass is 237 g/mol. The summed E-state index contributed by atoms with van der Waals surface area (Å²) >= 11 is 1.80. The van der Waals surface area contributed by atoms with Crippen LogP contribution in [0.1, 0.15) is 23.4 Å². The summed E-state index contributed by atoms with van der Waals surface area (Å²) in [5.41, 5.74) is 3.78. The molecule has 1 spiro atoms. The maximum absolute atomic E-state index is 4.33. The lowest BCUT2D eigenvalue weighted by Crippen LogP contribution is -2.28. The first-order chi connectivity index (χ1) is 7.77. The lowest BCUT2D eigenvalue weighted by atomic mass is 9.87. The van der Waals surface area contributed by atoms with E-state index in [9.17, 15) is 0 Å². The van der Waals surface area contributed by atoms with E-state index in [-0.39, 0.29) is 0 Å². The molecule has 4 heteroatoms. The number of aryl methyl sites for hydroxylation is 1. The largest absolute Gasteiger partial charge is 0.316 e. The zero-order chi connectivity index (χ0) is 11.0.